The van der Waals surface area contributed by atoms with Gasteiger partial charge in [0.2, 0.25) is 0 Å². The van der Waals surface area contributed by atoms with Crippen molar-refractivity contribution >= 4 is 29.2 Å². The highest BCUT2D eigenvalue weighted by Gasteiger charge is 2.23. The summed E-state index contributed by atoms with van der Waals surface area (Å²) in [4.78, 5) is 13.4. The first-order valence-electron chi connectivity index (χ1n) is 7.36. The third-order valence-corrected chi connectivity index (χ3v) is 4.08. The minimum Gasteiger partial charge on any atom is -0.461 e. The predicted molar refractivity (Wildman–Crippen MR) is 92.7 cm³/mol. The maximum absolute atomic E-state index is 14.2. The van der Waals surface area contributed by atoms with E-state index in [1.807, 2.05) is 0 Å². The summed E-state index contributed by atoms with van der Waals surface area (Å²) in [5.74, 6) is -1.21. The van der Waals surface area contributed by atoms with Crippen LogP contribution in [0.3, 0.4) is 0 Å². The Labute approximate surface area is 152 Å². The maximum atomic E-state index is 14.2. The normalized spacial score (nSPS) is 10.7. The molecule has 0 saturated heterocycles. The third-order valence-electron chi connectivity index (χ3n) is 3.35. The van der Waals surface area contributed by atoms with E-state index in [4.69, 9.17) is 27.9 Å². The molecule has 0 bridgehead atoms. The van der Waals surface area contributed by atoms with Crippen LogP contribution < -0.4 is 0 Å². The van der Waals surface area contributed by atoms with Gasteiger partial charge in [-0.05, 0) is 37.3 Å². The summed E-state index contributed by atoms with van der Waals surface area (Å²) in [5.41, 5.74) is 0.625. The van der Waals surface area contributed by atoms with Crippen LogP contribution in [0.5, 0.6) is 0 Å². The van der Waals surface area contributed by atoms with E-state index in [9.17, 15) is 9.18 Å². The molecule has 128 valence electrons. The molecule has 0 fully saturated rings. The fourth-order valence-corrected chi connectivity index (χ4v) is 2.50. The molecular weight excluding hydrogens is 368 g/mol. The largest absolute Gasteiger partial charge is 0.461 e. The zero-order chi connectivity index (χ0) is 18.0. The zero-order valence-corrected chi connectivity index (χ0v) is 14.6. The van der Waals surface area contributed by atoms with Gasteiger partial charge >= 0.3 is 5.97 Å². The number of rotatable bonds is 4. The van der Waals surface area contributed by atoms with Gasteiger partial charge in [-0.3, -0.25) is 0 Å². The van der Waals surface area contributed by atoms with Crippen LogP contribution in [0.4, 0.5) is 4.39 Å². The van der Waals surface area contributed by atoms with Crippen molar-refractivity contribution in [1.29, 1.82) is 0 Å². The van der Waals surface area contributed by atoms with E-state index in [0.29, 0.717) is 15.7 Å². The van der Waals surface area contributed by atoms with Crippen LogP contribution in [0.15, 0.2) is 42.5 Å². The Morgan fingerprint density at radius 3 is 2.60 bits per heavy atom. The molecule has 0 unspecified atom stereocenters. The second-order valence-corrected chi connectivity index (χ2v) is 5.80. The molecular formula is C17H12Cl2FN3O2. The van der Waals surface area contributed by atoms with Crippen molar-refractivity contribution in [3.8, 4) is 16.9 Å². The average molecular weight is 380 g/mol. The second-order valence-electron chi connectivity index (χ2n) is 4.99. The minimum atomic E-state index is -0.688. The molecule has 0 amide bonds. The fourth-order valence-electron chi connectivity index (χ4n) is 2.20. The van der Waals surface area contributed by atoms with E-state index in [1.54, 1.807) is 37.3 Å². The van der Waals surface area contributed by atoms with Crippen LogP contribution in [0.1, 0.15) is 17.4 Å². The van der Waals surface area contributed by atoms with Gasteiger partial charge in [0.05, 0.1) is 22.3 Å². The molecule has 0 aliphatic rings. The summed E-state index contributed by atoms with van der Waals surface area (Å²) in [6, 6.07) is 10.7. The minimum absolute atomic E-state index is 0.0852. The number of carbonyl (C=O) groups is 1. The van der Waals surface area contributed by atoms with E-state index < -0.39 is 11.8 Å². The van der Waals surface area contributed by atoms with Gasteiger partial charge in [0, 0.05) is 5.56 Å². The summed E-state index contributed by atoms with van der Waals surface area (Å²) >= 11 is 11.9. The van der Waals surface area contributed by atoms with E-state index in [-0.39, 0.29) is 23.6 Å². The maximum Gasteiger partial charge on any atom is 0.361 e. The quantitative estimate of drug-likeness (QED) is 0.623. The summed E-state index contributed by atoms with van der Waals surface area (Å²) < 4.78 is 19.2. The molecule has 5 nitrogen and oxygen atoms in total. The van der Waals surface area contributed by atoms with Gasteiger partial charge in [-0.25, -0.2) is 9.18 Å². The lowest BCUT2D eigenvalue weighted by molar-refractivity contribution is 0.0520. The third kappa shape index (κ3) is 3.50. The Balaban J connectivity index is 2.16. The number of halogens is 3. The Hall–Kier alpha value is -2.44. The SMILES string of the molecule is CCOC(=O)c1nn(-c2ccc(Cl)c(Cl)c2)nc1-c1ccccc1F. The van der Waals surface area contributed by atoms with Crippen molar-refractivity contribution in [2.24, 2.45) is 0 Å². The van der Waals surface area contributed by atoms with Crippen LogP contribution in [-0.2, 0) is 4.74 Å². The van der Waals surface area contributed by atoms with E-state index >= 15 is 0 Å². The van der Waals surface area contributed by atoms with Crippen molar-refractivity contribution in [2.75, 3.05) is 6.61 Å². The van der Waals surface area contributed by atoms with Crippen molar-refractivity contribution in [1.82, 2.24) is 15.0 Å². The van der Waals surface area contributed by atoms with Crippen molar-refractivity contribution < 1.29 is 13.9 Å². The molecule has 0 aliphatic heterocycles. The number of nitrogens with zero attached hydrogens (tertiary/aromatic N) is 3. The summed E-state index contributed by atoms with van der Waals surface area (Å²) in [7, 11) is 0. The molecule has 2 aromatic carbocycles. The molecule has 3 rings (SSSR count). The number of esters is 1. The van der Waals surface area contributed by atoms with E-state index in [1.165, 1.54) is 16.9 Å². The topological polar surface area (TPSA) is 57.0 Å². The lowest BCUT2D eigenvalue weighted by Crippen LogP contribution is -2.08. The monoisotopic (exact) mass is 379 g/mol. The number of hydrogen-bond acceptors (Lipinski definition) is 4. The molecule has 0 aliphatic carbocycles. The number of hydrogen-bond donors (Lipinski definition) is 0. The average Bonchev–Trinajstić information content (AvgIpc) is 3.03. The lowest BCUT2D eigenvalue weighted by Gasteiger charge is -2.02. The first kappa shape index (κ1) is 17.4. The van der Waals surface area contributed by atoms with Gasteiger partial charge in [-0.2, -0.15) is 4.80 Å². The van der Waals surface area contributed by atoms with E-state index in [0.717, 1.165) is 0 Å². The van der Waals surface area contributed by atoms with Gasteiger partial charge in [-0.1, -0.05) is 35.3 Å². The van der Waals surface area contributed by atoms with Crippen molar-refractivity contribution in [3.05, 3.63) is 64.0 Å². The van der Waals surface area contributed by atoms with Crippen molar-refractivity contribution in [2.45, 2.75) is 6.92 Å². The highest BCUT2D eigenvalue weighted by Crippen LogP contribution is 2.27. The highest BCUT2D eigenvalue weighted by atomic mass is 35.5. The van der Waals surface area contributed by atoms with Crippen LogP contribution in [0.2, 0.25) is 10.0 Å². The first-order valence-corrected chi connectivity index (χ1v) is 8.11. The molecule has 3 aromatic rings. The second kappa shape index (κ2) is 7.21. The van der Waals surface area contributed by atoms with E-state index in [2.05, 4.69) is 10.2 Å². The van der Waals surface area contributed by atoms with Gasteiger partial charge in [0.15, 0.2) is 5.69 Å². The van der Waals surface area contributed by atoms with Crippen LogP contribution >= 0.6 is 23.2 Å². The molecule has 0 saturated carbocycles. The first-order chi connectivity index (χ1) is 12.0. The summed E-state index contributed by atoms with van der Waals surface area (Å²) in [6.07, 6.45) is 0. The molecule has 0 atom stereocenters. The molecule has 8 heteroatoms. The Bertz CT molecular complexity index is 943. The summed E-state index contributed by atoms with van der Waals surface area (Å²) in [6.45, 7) is 1.83. The molecule has 1 heterocycles. The Morgan fingerprint density at radius 1 is 1.16 bits per heavy atom. The smallest absolute Gasteiger partial charge is 0.361 e. The fraction of sp³-hybridized carbons (Fsp3) is 0.118. The van der Waals surface area contributed by atoms with Gasteiger partial charge in [0.25, 0.3) is 0 Å². The standard InChI is InChI=1S/C17H12Cl2FN3O2/c1-2-25-17(24)16-15(11-5-3-4-6-14(11)20)21-23(22-16)10-7-8-12(18)13(19)9-10/h3-9H,2H2,1H3. The van der Waals surface area contributed by atoms with Crippen LogP contribution in [0, 0.1) is 5.82 Å². The van der Waals surface area contributed by atoms with Gasteiger partial charge < -0.3 is 4.74 Å². The lowest BCUT2D eigenvalue weighted by atomic mass is 10.1. The molecule has 0 N–H and O–H groups in total. The molecule has 0 radical (unpaired) electrons. The van der Waals surface area contributed by atoms with Crippen LogP contribution in [0.25, 0.3) is 16.9 Å². The number of aromatic nitrogens is 3. The molecule has 25 heavy (non-hydrogen) atoms. The number of benzene rings is 2. The molecule has 0 spiro atoms. The molecule has 1 aromatic heterocycles. The highest BCUT2D eigenvalue weighted by molar-refractivity contribution is 6.42. The number of ether oxygens (including phenoxy) is 1. The van der Waals surface area contributed by atoms with Gasteiger partial charge in [0.1, 0.15) is 11.5 Å². The Kier molecular flexibility index (Phi) is 5.01. The number of carbonyl (C=O) groups excluding carboxylic acids is 1. The zero-order valence-electron chi connectivity index (χ0n) is 13.0. The predicted octanol–water partition coefficient (Wildman–Crippen LogP) is 4.56. The Morgan fingerprint density at radius 2 is 1.92 bits per heavy atom. The van der Waals surface area contributed by atoms with Crippen LogP contribution in [-0.4, -0.2) is 27.6 Å². The summed E-state index contributed by atoms with van der Waals surface area (Å²) in [5, 5.41) is 9.08. The van der Waals surface area contributed by atoms with Gasteiger partial charge in [-0.15, -0.1) is 10.2 Å². The van der Waals surface area contributed by atoms with Crippen molar-refractivity contribution in [3.63, 3.8) is 0 Å².